The van der Waals surface area contributed by atoms with E-state index in [1.807, 2.05) is 0 Å². The van der Waals surface area contributed by atoms with Crippen molar-refractivity contribution in [2.75, 3.05) is 6.61 Å². The van der Waals surface area contributed by atoms with Gasteiger partial charge in [-0.1, -0.05) is 11.8 Å². The van der Waals surface area contributed by atoms with Crippen molar-refractivity contribution >= 4 is 23.6 Å². The number of aryl methyl sites for hydroxylation is 1. The molecule has 26 heavy (non-hydrogen) atoms. The molecule has 4 heterocycles. The Hall–Kier alpha value is -2.04. The van der Waals surface area contributed by atoms with Crippen LogP contribution in [0.5, 0.6) is 5.95 Å². The maximum Gasteiger partial charge on any atom is 0.521 e. The van der Waals surface area contributed by atoms with Crippen molar-refractivity contribution < 1.29 is 33.0 Å². The largest absolute Gasteiger partial charge is 0.521 e. The predicted octanol–water partition coefficient (Wildman–Crippen LogP) is 0.749. The number of ether oxygens (including phenoxy) is 2. The summed E-state index contributed by atoms with van der Waals surface area (Å²) < 4.78 is 20.2. The highest BCUT2D eigenvalue weighted by atomic mass is 32.2. The van der Waals surface area contributed by atoms with Crippen LogP contribution in [0, 0.1) is 12.8 Å². The van der Waals surface area contributed by atoms with Crippen molar-refractivity contribution in [1.29, 1.82) is 0 Å². The number of nitrogens with zero attached hydrogens (tertiary/aromatic N) is 1. The van der Waals surface area contributed by atoms with E-state index in [4.69, 9.17) is 13.9 Å². The second-order valence-electron chi connectivity index (χ2n) is 6.38. The lowest BCUT2D eigenvalue weighted by molar-refractivity contribution is -0.156. The summed E-state index contributed by atoms with van der Waals surface area (Å²) in [7, 11) is 0. The maximum absolute atomic E-state index is 12.7. The zero-order chi connectivity index (χ0) is 18.6. The molecule has 0 saturated carbocycles. The lowest BCUT2D eigenvalue weighted by Gasteiger charge is -2.43. The van der Waals surface area contributed by atoms with Crippen LogP contribution in [0.25, 0.3) is 0 Å². The van der Waals surface area contributed by atoms with Gasteiger partial charge in [-0.15, -0.1) is 0 Å². The van der Waals surface area contributed by atoms with E-state index in [9.17, 15) is 19.5 Å². The smallest absolute Gasteiger partial charge is 0.392 e. The zero-order valence-corrected chi connectivity index (χ0v) is 14.9. The molecule has 0 bridgehead atoms. The van der Waals surface area contributed by atoms with E-state index >= 15 is 0 Å². The Balaban J connectivity index is 1.66. The predicted molar refractivity (Wildman–Crippen MR) is 87.0 cm³/mol. The van der Waals surface area contributed by atoms with Gasteiger partial charge in [-0.3, -0.25) is 9.69 Å². The van der Waals surface area contributed by atoms with Crippen LogP contribution in [0.1, 0.15) is 25.5 Å². The average molecular weight is 383 g/mol. The van der Waals surface area contributed by atoms with Crippen LogP contribution in [-0.2, 0) is 14.3 Å². The molecule has 0 radical (unpaired) electrons. The number of hydrogen-bond acceptors (Lipinski definition) is 9. The van der Waals surface area contributed by atoms with Crippen molar-refractivity contribution in [3.05, 3.63) is 27.0 Å². The summed E-state index contributed by atoms with van der Waals surface area (Å²) in [6, 6.07) is 0. The average Bonchev–Trinajstić information content (AvgIpc) is 3.25. The summed E-state index contributed by atoms with van der Waals surface area (Å²) in [5.41, 5.74) is 0.0806. The Morgan fingerprint density at radius 3 is 2.73 bits per heavy atom. The first kappa shape index (κ1) is 17.4. The molecule has 0 unspecified atom stereocenters. The van der Waals surface area contributed by atoms with E-state index in [1.165, 1.54) is 23.6 Å². The van der Waals surface area contributed by atoms with E-state index in [0.29, 0.717) is 11.5 Å². The van der Waals surface area contributed by atoms with Crippen molar-refractivity contribution in [3.63, 3.8) is 0 Å². The molecule has 1 aromatic heterocycles. The molecule has 140 valence electrons. The highest BCUT2D eigenvalue weighted by molar-refractivity contribution is 8.04. The molecule has 1 aromatic rings. The number of carbonyl (C=O) groups is 2. The number of aliphatic hydroxyl groups excluding tert-OH is 1. The molecule has 2 saturated heterocycles. The summed E-state index contributed by atoms with van der Waals surface area (Å²) >= 11 is 1.34. The van der Waals surface area contributed by atoms with Gasteiger partial charge in [-0.05, 0) is 19.8 Å². The minimum absolute atomic E-state index is 0.0293. The first-order valence-electron chi connectivity index (χ1n) is 8.24. The lowest BCUT2D eigenvalue weighted by Crippen LogP contribution is -2.61. The van der Waals surface area contributed by atoms with Gasteiger partial charge in [0.2, 0.25) is 5.91 Å². The number of β-lactam (4-membered cyclic amide) rings is 1. The van der Waals surface area contributed by atoms with Crippen molar-refractivity contribution in [3.8, 4) is 5.95 Å². The molecule has 0 aromatic carbocycles. The van der Waals surface area contributed by atoms with Crippen molar-refractivity contribution in [1.82, 2.24) is 4.90 Å². The summed E-state index contributed by atoms with van der Waals surface area (Å²) in [5, 5.41) is 9.48. The van der Waals surface area contributed by atoms with Crippen LogP contribution in [0.4, 0.5) is 0 Å². The van der Waals surface area contributed by atoms with Crippen molar-refractivity contribution in [2.24, 2.45) is 5.92 Å². The van der Waals surface area contributed by atoms with Gasteiger partial charge in [0, 0.05) is 18.4 Å². The first-order chi connectivity index (χ1) is 12.4. The highest BCUT2D eigenvalue weighted by Gasteiger charge is 2.59. The number of rotatable bonds is 4. The lowest BCUT2D eigenvalue weighted by atomic mass is 9.92. The summed E-state index contributed by atoms with van der Waals surface area (Å²) in [4.78, 5) is 38.3. The number of hydrogen-bond donors (Lipinski definition) is 1. The fourth-order valence-electron chi connectivity index (χ4n) is 3.37. The minimum atomic E-state index is -0.980. The Morgan fingerprint density at radius 1 is 1.38 bits per heavy atom. The summed E-state index contributed by atoms with van der Waals surface area (Å²) in [5.74, 6) is -3.05. The highest BCUT2D eigenvalue weighted by Crippen LogP contribution is 2.52. The van der Waals surface area contributed by atoms with Gasteiger partial charge in [-0.2, -0.15) is 0 Å². The third kappa shape index (κ3) is 2.60. The summed E-state index contributed by atoms with van der Waals surface area (Å²) in [6.07, 6.45) is 0.456. The van der Waals surface area contributed by atoms with E-state index in [-0.39, 0.29) is 34.8 Å². The Bertz CT molecular complexity index is 847. The molecule has 0 spiro atoms. The number of esters is 1. The van der Waals surface area contributed by atoms with Crippen LogP contribution >= 0.6 is 11.8 Å². The monoisotopic (exact) mass is 383 g/mol. The normalized spacial score (nSPS) is 29.0. The first-order valence-corrected chi connectivity index (χ1v) is 9.12. The number of aliphatic hydroxyl groups is 1. The third-order valence-corrected chi connectivity index (χ3v) is 6.08. The molecule has 1 amide bonds. The topological polar surface area (TPSA) is 119 Å². The molecule has 0 aliphatic carbocycles. The van der Waals surface area contributed by atoms with Crippen LogP contribution in [0.3, 0.4) is 0 Å². The van der Waals surface area contributed by atoms with E-state index in [2.05, 4.69) is 4.42 Å². The molecule has 3 aliphatic rings. The Labute approximate surface area is 151 Å². The quantitative estimate of drug-likeness (QED) is 0.593. The van der Waals surface area contributed by atoms with E-state index < -0.39 is 23.8 Å². The molecule has 3 aliphatic heterocycles. The molecule has 1 N–H and O–H groups in total. The van der Waals surface area contributed by atoms with Gasteiger partial charge in [-0.25, -0.2) is 9.59 Å². The number of thioether (sulfide) groups is 1. The maximum atomic E-state index is 12.7. The van der Waals surface area contributed by atoms with Gasteiger partial charge in [0.25, 0.3) is 0 Å². The minimum Gasteiger partial charge on any atom is -0.392 e. The molecule has 9 nitrogen and oxygen atoms in total. The van der Waals surface area contributed by atoms with Gasteiger partial charge in [0.1, 0.15) is 11.1 Å². The van der Waals surface area contributed by atoms with Crippen LogP contribution < -0.4 is 10.6 Å². The summed E-state index contributed by atoms with van der Waals surface area (Å²) in [6.45, 7) is 3.55. The third-order valence-electron chi connectivity index (χ3n) is 4.63. The zero-order valence-electron chi connectivity index (χ0n) is 14.1. The number of fused-ring (bicyclic) bond motifs is 1. The molecular weight excluding hydrogens is 366 g/mol. The standard InChI is InChI=1S/C16H17NO8S/c1-6(18)9-12(19)17-10(11(26-13(9)17)8-4-3-5-22-8)14(20)24-15-7(2)23-16(21)25-15/h6,8-9,13,18H,3-5H2,1-2H3/t6-,8-,9+,13-/m1/s1. The Kier molecular flexibility index (Phi) is 4.20. The second kappa shape index (κ2) is 6.29. The molecule has 4 atom stereocenters. The number of carbonyl (C=O) groups excluding carboxylic acids is 2. The van der Waals surface area contributed by atoms with Crippen molar-refractivity contribution in [2.45, 2.75) is 44.3 Å². The fraction of sp³-hybridized carbons (Fsp3) is 0.562. The van der Waals surface area contributed by atoms with Crippen LogP contribution in [0.2, 0.25) is 0 Å². The van der Waals surface area contributed by atoms with E-state index in [1.54, 1.807) is 6.92 Å². The Morgan fingerprint density at radius 2 is 2.15 bits per heavy atom. The van der Waals surface area contributed by atoms with E-state index in [0.717, 1.165) is 12.8 Å². The SMILES string of the molecule is Cc1oc(=O)oc1OC(=O)C1=C([C@H]2CCCO2)S[C@@H]2[C@@H]([C@@H](C)O)C(=O)N12. The molecule has 2 fully saturated rings. The number of amides is 1. The van der Waals surface area contributed by atoms with Gasteiger partial charge in [0.05, 0.1) is 18.1 Å². The molecule has 10 heteroatoms. The fourth-order valence-corrected chi connectivity index (χ4v) is 5.07. The van der Waals surface area contributed by atoms with Gasteiger partial charge < -0.3 is 23.4 Å². The van der Waals surface area contributed by atoms with Gasteiger partial charge in [0.15, 0.2) is 5.76 Å². The molecule has 4 rings (SSSR count). The molecular formula is C16H17NO8S. The van der Waals surface area contributed by atoms with Crippen LogP contribution in [0.15, 0.2) is 24.2 Å². The van der Waals surface area contributed by atoms with Crippen LogP contribution in [-0.4, -0.2) is 46.1 Å². The second-order valence-corrected chi connectivity index (χ2v) is 7.54. The van der Waals surface area contributed by atoms with Gasteiger partial charge >= 0.3 is 17.7 Å².